The van der Waals surface area contributed by atoms with E-state index in [0.717, 1.165) is 11.1 Å². The van der Waals surface area contributed by atoms with Crippen LogP contribution in [0, 0.1) is 0 Å². The molecule has 2 rings (SSSR count). The fourth-order valence-electron chi connectivity index (χ4n) is 1.96. The molecule has 0 unspecified atom stereocenters. The highest BCUT2D eigenvalue weighted by Gasteiger charge is 2.11. The van der Waals surface area contributed by atoms with E-state index in [0.29, 0.717) is 16.9 Å². The highest BCUT2D eigenvalue weighted by Crippen LogP contribution is 2.27. The predicted molar refractivity (Wildman–Crippen MR) is 79.3 cm³/mol. The van der Waals surface area contributed by atoms with Gasteiger partial charge in [0.05, 0.1) is 5.75 Å². The third-order valence-corrected chi connectivity index (χ3v) is 3.60. The molecule has 0 spiro atoms. The van der Waals surface area contributed by atoms with Crippen LogP contribution in [-0.2, 0) is 15.6 Å². The number of anilines is 2. The molecule has 5 heteroatoms. The number of nitrogens with two attached hydrogens (primary N) is 2. The van der Waals surface area contributed by atoms with Gasteiger partial charge in [-0.3, -0.25) is 0 Å². The Bertz CT molecular complexity index is 692. The molecule has 2 aromatic rings. The predicted octanol–water partition coefficient (Wildman–Crippen LogP) is 2.06. The SMILES string of the molecule is CS(=O)(=O)Cc1cc(N)ccc1-c1ccc(N)cc1. The van der Waals surface area contributed by atoms with Crippen molar-refractivity contribution in [3.05, 3.63) is 48.0 Å². The van der Waals surface area contributed by atoms with Crippen LogP contribution in [0.15, 0.2) is 42.5 Å². The molecule has 0 fully saturated rings. The molecule has 100 valence electrons. The van der Waals surface area contributed by atoms with Crippen molar-refractivity contribution in [1.82, 2.24) is 0 Å². The number of hydrogen-bond acceptors (Lipinski definition) is 4. The molecule has 0 aliphatic carbocycles. The summed E-state index contributed by atoms with van der Waals surface area (Å²) in [6, 6.07) is 12.6. The van der Waals surface area contributed by atoms with Gasteiger partial charge in [0, 0.05) is 17.6 Å². The molecular weight excluding hydrogens is 260 g/mol. The molecule has 2 aromatic carbocycles. The van der Waals surface area contributed by atoms with E-state index in [2.05, 4.69) is 0 Å². The van der Waals surface area contributed by atoms with Gasteiger partial charge >= 0.3 is 0 Å². The Kier molecular flexibility index (Phi) is 3.48. The van der Waals surface area contributed by atoms with Gasteiger partial charge in [0.25, 0.3) is 0 Å². The average molecular weight is 276 g/mol. The smallest absolute Gasteiger partial charge is 0.151 e. The van der Waals surface area contributed by atoms with Crippen LogP contribution >= 0.6 is 0 Å². The minimum atomic E-state index is -3.11. The molecule has 0 atom stereocenters. The molecular formula is C14H16N2O2S. The van der Waals surface area contributed by atoms with E-state index >= 15 is 0 Å². The van der Waals surface area contributed by atoms with Gasteiger partial charge in [-0.25, -0.2) is 8.42 Å². The zero-order valence-electron chi connectivity index (χ0n) is 10.6. The average Bonchev–Trinajstić information content (AvgIpc) is 2.29. The first-order chi connectivity index (χ1) is 8.85. The van der Waals surface area contributed by atoms with E-state index in [1.54, 1.807) is 24.3 Å². The molecule has 0 heterocycles. The van der Waals surface area contributed by atoms with E-state index < -0.39 is 9.84 Å². The third kappa shape index (κ3) is 3.48. The number of sulfone groups is 1. The molecule has 0 saturated heterocycles. The third-order valence-electron chi connectivity index (χ3n) is 2.77. The van der Waals surface area contributed by atoms with Crippen molar-refractivity contribution in [3.63, 3.8) is 0 Å². The summed E-state index contributed by atoms with van der Waals surface area (Å²) >= 11 is 0. The monoisotopic (exact) mass is 276 g/mol. The molecule has 0 aliphatic heterocycles. The lowest BCUT2D eigenvalue weighted by atomic mass is 10.00. The van der Waals surface area contributed by atoms with Crippen molar-refractivity contribution in [2.75, 3.05) is 17.7 Å². The standard InChI is InChI=1S/C14H16N2O2S/c1-19(17,18)9-11-8-13(16)6-7-14(11)10-2-4-12(15)5-3-10/h2-8H,9,15-16H2,1H3. The molecule has 4 N–H and O–H groups in total. The summed E-state index contributed by atoms with van der Waals surface area (Å²) in [5.41, 5.74) is 15.1. The second-order valence-electron chi connectivity index (χ2n) is 4.61. The van der Waals surface area contributed by atoms with Crippen LogP contribution in [0.25, 0.3) is 11.1 Å². The molecule has 0 amide bonds. The quantitative estimate of drug-likeness (QED) is 0.840. The Labute approximate surface area is 113 Å². The minimum Gasteiger partial charge on any atom is -0.399 e. The Morgan fingerprint density at radius 2 is 1.53 bits per heavy atom. The Morgan fingerprint density at radius 3 is 2.11 bits per heavy atom. The van der Waals surface area contributed by atoms with Crippen molar-refractivity contribution in [1.29, 1.82) is 0 Å². The fraction of sp³-hybridized carbons (Fsp3) is 0.143. The normalized spacial score (nSPS) is 11.4. The van der Waals surface area contributed by atoms with Crippen molar-refractivity contribution in [3.8, 4) is 11.1 Å². The van der Waals surface area contributed by atoms with Gasteiger partial charge in [0.1, 0.15) is 0 Å². The fourth-order valence-corrected chi connectivity index (χ4v) is 2.76. The summed E-state index contributed by atoms with van der Waals surface area (Å²) in [6.07, 6.45) is 1.21. The maximum atomic E-state index is 11.5. The van der Waals surface area contributed by atoms with Gasteiger partial charge in [-0.2, -0.15) is 0 Å². The zero-order chi connectivity index (χ0) is 14.0. The maximum Gasteiger partial charge on any atom is 0.151 e. The van der Waals surface area contributed by atoms with E-state index in [9.17, 15) is 8.42 Å². The van der Waals surface area contributed by atoms with Crippen LogP contribution in [-0.4, -0.2) is 14.7 Å². The van der Waals surface area contributed by atoms with E-state index in [4.69, 9.17) is 11.5 Å². The first-order valence-corrected chi connectivity index (χ1v) is 7.83. The molecule has 0 saturated carbocycles. The largest absolute Gasteiger partial charge is 0.399 e. The molecule has 0 aromatic heterocycles. The molecule has 0 aliphatic rings. The number of nitrogen functional groups attached to an aromatic ring is 2. The number of hydrogen-bond donors (Lipinski definition) is 2. The number of benzene rings is 2. The van der Waals surface area contributed by atoms with Crippen LogP contribution in [0.3, 0.4) is 0 Å². The van der Waals surface area contributed by atoms with Crippen molar-refractivity contribution in [2.45, 2.75) is 5.75 Å². The summed E-state index contributed by atoms with van der Waals surface area (Å²) in [4.78, 5) is 0. The van der Waals surface area contributed by atoms with Gasteiger partial charge in [-0.15, -0.1) is 0 Å². The lowest BCUT2D eigenvalue weighted by Gasteiger charge is -2.10. The topological polar surface area (TPSA) is 86.2 Å². The lowest BCUT2D eigenvalue weighted by molar-refractivity contribution is 0.601. The van der Waals surface area contributed by atoms with Gasteiger partial charge in [0.15, 0.2) is 9.84 Å². The summed E-state index contributed by atoms with van der Waals surface area (Å²) in [6.45, 7) is 0. The van der Waals surface area contributed by atoms with Gasteiger partial charge in [-0.1, -0.05) is 18.2 Å². The highest BCUT2D eigenvalue weighted by atomic mass is 32.2. The second kappa shape index (κ2) is 4.93. The lowest BCUT2D eigenvalue weighted by Crippen LogP contribution is -2.03. The number of rotatable bonds is 3. The van der Waals surface area contributed by atoms with Gasteiger partial charge < -0.3 is 11.5 Å². The van der Waals surface area contributed by atoms with Crippen LogP contribution in [0.5, 0.6) is 0 Å². The second-order valence-corrected chi connectivity index (χ2v) is 6.75. The van der Waals surface area contributed by atoms with Crippen LogP contribution < -0.4 is 11.5 Å². The summed E-state index contributed by atoms with van der Waals surface area (Å²) in [7, 11) is -3.11. The van der Waals surface area contributed by atoms with Crippen molar-refractivity contribution < 1.29 is 8.42 Å². The maximum absolute atomic E-state index is 11.5. The van der Waals surface area contributed by atoms with E-state index in [1.807, 2.05) is 18.2 Å². The van der Waals surface area contributed by atoms with Crippen LogP contribution in [0.2, 0.25) is 0 Å². The minimum absolute atomic E-state index is 0.0300. The molecule has 0 radical (unpaired) electrons. The molecule has 4 nitrogen and oxygen atoms in total. The van der Waals surface area contributed by atoms with Crippen LogP contribution in [0.4, 0.5) is 11.4 Å². The van der Waals surface area contributed by atoms with E-state index in [-0.39, 0.29) is 5.75 Å². The van der Waals surface area contributed by atoms with Crippen molar-refractivity contribution in [2.24, 2.45) is 0 Å². The molecule has 19 heavy (non-hydrogen) atoms. The Balaban J connectivity index is 2.53. The van der Waals surface area contributed by atoms with Crippen molar-refractivity contribution >= 4 is 21.2 Å². The first kappa shape index (κ1) is 13.4. The Morgan fingerprint density at radius 1 is 0.947 bits per heavy atom. The van der Waals surface area contributed by atoms with Gasteiger partial charge in [-0.05, 0) is 41.0 Å². The summed E-state index contributed by atoms with van der Waals surface area (Å²) in [5.74, 6) is -0.0300. The zero-order valence-corrected chi connectivity index (χ0v) is 11.4. The summed E-state index contributed by atoms with van der Waals surface area (Å²) in [5, 5.41) is 0. The summed E-state index contributed by atoms with van der Waals surface area (Å²) < 4.78 is 23.0. The van der Waals surface area contributed by atoms with Gasteiger partial charge in [0.2, 0.25) is 0 Å². The highest BCUT2D eigenvalue weighted by molar-refractivity contribution is 7.89. The first-order valence-electron chi connectivity index (χ1n) is 5.77. The Hall–Kier alpha value is -2.01. The van der Waals surface area contributed by atoms with Crippen LogP contribution in [0.1, 0.15) is 5.56 Å². The van der Waals surface area contributed by atoms with E-state index in [1.165, 1.54) is 6.26 Å². The molecule has 0 bridgehead atoms.